The smallest absolute Gasteiger partial charge is 0.279 e. The average molecular weight is 428 g/mol. The molecular weight excluding hydrogens is 402 g/mol. The van der Waals surface area contributed by atoms with Crippen molar-refractivity contribution in [1.82, 2.24) is 4.57 Å². The van der Waals surface area contributed by atoms with Gasteiger partial charge in [0.25, 0.3) is 11.6 Å². The van der Waals surface area contributed by atoms with Crippen LogP contribution in [0.15, 0.2) is 47.5 Å². The SMILES string of the molecule is CCCCCOc1ccc(C(=O)N=c2sc3cc([N+](=O)[O-])ccc3n2CCC)cc1. The molecule has 2 aromatic carbocycles. The van der Waals surface area contributed by atoms with E-state index in [0.29, 0.717) is 23.5 Å². The van der Waals surface area contributed by atoms with Gasteiger partial charge in [0.05, 0.1) is 21.7 Å². The lowest BCUT2D eigenvalue weighted by Gasteiger charge is -2.06. The van der Waals surface area contributed by atoms with E-state index in [1.807, 2.05) is 11.5 Å². The molecular formula is C22H25N3O4S. The van der Waals surface area contributed by atoms with Gasteiger partial charge in [-0.05, 0) is 43.2 Å². The minimum absolute atomic E-state index is 0.0276. The fourth-order valence-corrected chi connectivity index (χ4v) is 4.18. The third kappa shape index (κ3) is 5.13. The Hall–Kier alpha value is -3.00. The summed E-state index contributed by atoms with van der Waals surface area (Å²) in [6, 6.07) is 11.7. The van der Waals surface area contributed by atoms with Crippen molar-refractivity contribution in [3.05, 3.63) is 62.9 Å². The van der Waals surface area contributed by atoms with E-state index in [4.69, 9.17) is 4.74 Å². The van der Waals surface area contributed by atoms with Gasteiger partial charge in [0.1, 0.15) is 5.75 Å². The molecule has 0 spiro atoms. The van der Waals surface area contributed by atoms with E-state index < -0.39 is 4.92 Å². The first-order valence-corrected chi connectivity index (χ1v) is 10.9. The van der Waals surface area contributed by atoms with E-state index in [1.54, 1.807) is 30.3 Å². The van der Waals surface area contributed by atoms with Crippen LogP contribution in [0.5, 0.6) is 5.75 Å². The second-order valence-electron chi connectivity index (χ2n) is 6.94. The van der Waals surface area contributed by atoms with Crippen molar-refractivity contribution in [3.8, 4) is 5.75 Å². The normalized spacial score (nSPS) is 11.7. The van der Waals surface area contributed by atoms with E-state index in [0.717, 1.165) is 41.6 Å². The number of carbonyl (C=O) groups is 1. The molecule has 3 aromatic rings. The molecule has 0 aliphatic heterocycles. The predicted molar refractivity (Wildman–Crippen MR) is 118 cm³/mol. The van der Waals surface area contributed by atoms with Crippen LogP contribution >= 0.6 is 11.3 Å². The van der Waals surface area contributed by atoms with Crippen molar-refractivity contribution in [3.63, 3.8) is 0 Å². The van der Waals surface area contributed by atoms with E-state index in [2.05, 4.69) is 11.9 Å². The lowest BCUT2D eigenvalue weighted by atomic mass is 10.2. The van der Waals surface area contributed by atoms with Crippen LogP contribution in [0.4, 0.5) is 5.69 Å². The molecule has 0 N–H and O–H groups in total. The Bertz CT molecular complexity index is 1100. The number of non-ortho nitro benzene ring substituents is 1. The van der Waals surface area contributed by atoms with E-state index in [9.17, 15) is 14.9 Å². The topological polar surface area (TPSA) is 86.7 Å². The summed E-state index contributed by atoms with van der Waals surface area (Å²) in [5.74, 6) is 0.385. The second-order valence-corrected chi connectivity index (χ2v) is 7.95. The zero-order valence-electron chi connectivity index (χ0n) is 17.2. The Labute approximate surface area is 178 Å². The molecule has 0 unspecified atom stereocenters. The van der Waals surface area contributed by atoms with Gasteiger partial charge < -0.3 is 9.30 Å². The van der Waals surface area contributed by atoms with Gasteiger partial charge in [-0.1, -0.05) is 38.0 Å². The third-order valence-corrected chi connectivity index (χ3v) is 5.68. The second kappa shape index (κ2) is 10.2. The number of thiazole rings is 1. The highest BCUT2D eigenvalue weighted by Crippen LogP contribution is 2.23. The molecule has 0 saturated carbocycles. The van der Waals surface area contributed by atoms with E-state index in [1.165, 1.54) is 23.5 Å². The number of hydrogen-bond acceptors (Lipinski definition) is 5. The average Bonchev–Trinajstić information content (AvgIpc) is 3.08. The highest BCUT2D eigenvalue weighted by Gasteiger charge is 2.13. The number of nitro benzene ring substituents is 1. The van der Waals surface area contributed by atoms with E-state index >= 15 is 0 Å². The van der Waals surface area contributed by atoms with Crippen LogP contribution in [0.2, 0.25) is 0 Å². The number of amides is 1. The molecule has 0 saturated heterocycles. The molecule has 1 aromatic heterocycles. The fraction of sp³-hybridized carbons (Fsp3) is 0.364. The third-order valence-electron chi connectivity index (χ3n) is 4.64. The first kappa shape index (κ1) is 21.7. The maximum atomic E-state index is 12.7. The van der Waals surface area contributed by atoms with Crippen molar-refractivity contribution < 1.29 is 14.5 Å². The molecule has 0 aliphatic carbocycles. The number of aromatic nitrogens is 1. The summed E-state index contributed by atoms with van der Waals surface area (Å²) in [6.07, 6.45) is 4.13. The molecule has 30 heavy (non-hydrogen) atoms. The first-order valence-electron chi connectivity index (χ1n) is 10.1. The molecule has 7 nitrogen and oxygen atoms in total. The van der Waals surface area contributed by atoms with Gasteiger partial charge in [-0.15, -0.1) is 0 Å². The van der Waals surface area contributed by atoms with Crippen molar-refractivity contribution in [1.29, 1.82) is 0 Å². The largest absolute Gasteiger partial charge is 0.494 e. The van der Waals surface area contributed by atoms with Gasteiger partial charge in [0, 0.05) is 24.2 Å². The summed E-state index contributed by atoms with van der Waals surface area (Å²) in [5, 5.41) is 11.1. The number of carbonyl (C=O) groups excluding carboxylic acids is 1. The molecule has 158 valence electrons. The van der Waals surface area contributed by atoms with Crippen molar-refractivity contribution in [2.24, 2.45) is 4.99 Å². The highest BCUT2D eigenvalue weighted by atomic mass is 32.1. The number of benzene rings is 2. The Morgan fingerprint density at radius 3 is 2.57 bits per heavy atom. The zero-order valence-corrected chi connectivity index (χ0v) is 18.0. The molecule has 1 amide bonds. The predicted octanol–water partition coefficient (Wildman–Crippen LogP) is 5.33. The fourth-order valence-electron chi connectivity index (χ4n) is 3.09. The van der Waals surface area contributed by atoms with Gasteiger partial charge in [0.2, 0.25) is 0 Å². The van der Waals surface area contributed by atoms with Gasteiger partial charge in [-0.3, -0.25) is 14.9 Å². The number of fused-ring (bicyclic) bond motifs is 1. The molecule has 8 heteroatoms. The number of aryl methyl sites for hydroxylation is 1. The standard InChI is InChI=1S/C22H25N3O4S/c1-3-5-6-14-29-18-10-7-16(8-11-18)21(26)23-22-24(13-4-2)19-12-9-17(25(27)28)15-20(19)30-22/h7-12,15H,3-6,13-14H2,1-2H3. The van der Waals surface area contributed by atoms with Crippen molar-refractivity contribution in [2.75, 3.05) is 6.61 Å². The quantitative estimate of drug-likeness (QED) is 0.262. The van der Waals surface area contributed by atoms with Gasteiger partial charge in [0.15, 0.2) is 4.80 Å². The molecule has 0 aliphatic rings. The molecule has 0 fully saturated rings. The number of nitrogens with zero attached hydrogens (tertiary/aromatic N) is 3. The maximum Gasteiger partial charge on any atom is 0.279 e. The van der Waals surface area contributed by atoms with Crippen molar-refractivity contribution in [2.45, 2.75) is 46.1 Å². The highest BCUT2D eigenvalue weighted by molar-refractivity contribution is 7.16. The minimum Gasteiger partial charge on any atom is -0.494 e. The number of rotatable bonds is 9. The van der Waals surface area contributed by atoms with Crippen LogP contribution in [0.25, 0.3) is 10.2 Å². The summed E-state index contributed by atoms with van der Waals surface area (Å²) in [4.78, 5) is 28.2. The molecule has 0 radical (unpaired) electrons. The summed E-state index contributed by atoms with van der Waals surface area (Å²) in [5.41, 5.74) is 1.34. The summed E-state index contributed by atoms with van der Waals surface area (Å²) in [6.45, 7) is 5.52. The monoisotopic (exact) mass is 427 g/mol. The van der Waals surface area contributed by atoms with E-state index in [-0.39, 0.29) is 11.6 Å². The Kier molecular flexibility index (Phi) is 7.35. The number of ether oxygens (including phenoxy) is 1. The first-order chi connectivity index (χ1) is 14.5. The Morgan fingerprint density at radius 1 is 1.13 bits per heavy atom. The summed E-state index contributed by atoms with van der Waals surface area (Å²) < 4.78 is 8.36. The van der Waals surface area contributed by atoms with Crippen LogP contribution in [-0.4, -0.2) is 22.0 Å². The summed E-state index contributed by atoms with van der Waals surface area (Å²) >= 11 is 1.28. The molecule has 3 rings (SSSR count). The lowest BCUT2D eigenvalue weighted by molar-refractivity contribution is -0.384. The van der Waals surface area contributed by atoms with Crippen molar-refractivity contribution >= 4 is 33.1 Å². The van der Waals surface area contributed by atoms with Crippen LogP contribution in [0.1, 0.15) is 49.9 Å². The Balaban J connectivity index is 1.86. The van der Waals surface area contributed by atoms with Crippen LogP contribution in [-0.2, 0) is 6.54 Å². The number of unbranched alkanes of at least 4 members (excludes halogenated alkanes) is 2. The molecule has 0 atom stereocenters. The minimum atomic E-state index is -0.419. The zero-order chi connectivity index (χ0) is 21.5. The summed E-state index contributed by atoms with van der Waals surface area (Å²) in [7, 11) is 0. The Morgan fingerprint density at radius 2 is 1.90 bits per heavy atom. The van der Waals surface area contributed by atoms with Crippen LogP contribution in [0.3, 0.4) is 0 Å². The maximum absolute atomic E-state index is 12.7. The molecule has 1 heterocycles. The lowest BCUT2D eigenvalue weighted by Crippen LogP contribution is -2.16. The van der Waals surface area contributed by atoms with Gasteiger partial charge in [-0.25, -0.2) is 0 Å². The van der Waals surface area contributed by atoms with Gasteiger partial charge >= 0.3 is 0 Å². The number of nitro groups is 1. The van der Waals surface area contributed by atoms with Crippen LogP contribution in [0, 0.1) is 10.1 Å². The van der Waals surface area contributed by atoms with Gasteiger partial charge in [-0.2, -0.15) is 4.99 Å². The number of hydrogen-bond donors (Lipinski definition) is 0. The van der Waals surface area contributed by atoms with Crippen LogP contribution < -0.4 is 9.54 Å². The molecule has 0 bridgehead atoms.